The molecular weight excluding hydrogens is 369 g/mol. The van der Waals surface area contributed by atoms with Crippen molar-refractivity contribution in [1.82, 2.24) is 4.90 Å². The predicted octanol–water partition coefficient (Wildman–Crippen LogP) is 4.70. The fourth-order valence-electron chi connectivity index (χ4n) is 2.26. The average molecular weight is 387 g/mol. The molecule has 2 rings (SSSR count). The van der Waals surface area contributed by atoms with Crippen LogP contribution in [0.15, 0.2) is 48.5 Å². The standard InChI is InChI=1S/C18H18ClF3N2O2/c1-12(17(25)23-15-9-5-4-8-14(15)19)24(2)11-13-7-3-6-10-16(13)26-18(20,21)22/h3-10,12H,11H2,1-2H3,(H,23,25). The number of amides is 1. The molecule has 0 aliphatic heterocycles. The summed E-state index contributed by atoms with van der Waals surface area (Å²) in [6, 6.07) is 12.0. The van der Waals surface area contributed by atoms with Gasteiger partial charge in [-0.05, 0) is 32.2 Å². The summed E-state index contributed by atoms with van der Waals surface area (Å²) in [5, 5.41) is 3.11. The normalized spacial score (nSPS) is 12.7. The minimum atomic E-state index is -4.78. The van der Waals surface area contributed by atoms with Gasteiger partial charge in [0.05, 0.1) is 16.8 Å². The first-order chi connectivity index (χ1) is 12.2. The molecular formula is C18H18ClF3N2O2. The Labute approximate surface area is 154 Å². The first-order valence-electron chi connectivity index (χ1n) is 7.76. The lowest BCUT2D eigenvalue weighted by atomic mass is 10.1. The summed E-state index contributed by atoms with van der Waals surface area (Å²) in [5.41, 5.74) is 0.796. The van der Waals surface area contributed by atoms with E-state index in [1.807, 2.05) is 0 Å². The Hall–Kier alpha value is -2.25. The second-order valence-corrected chi connectivity index (χ2v) is 6.12. The second kappa shape index (κ2) is 8.42. The molecule has 0 saturated carbocycles. The van der Waals surface area contributed by atoms with E-state index in [9.17, 15) is 18.0 Å². The molecule has 4 nitrogen and oxygen atoms in total. The van der Waals surface area contributed by atoms with Crippen LogP contribution in [0.3, 0.4) is 0 Å². The largest absolute Gasteiger partial charge is 0.573 e. The van der Waals surface area contributed by atoms with E-state index >= 15 is 0 Å². The number of hydrogen-bond acceptors (Lipinski definition) is 3. The summed E-state index contributed by atoms with van der Waals surface area (Å²) in [5.74, 6) is -0.611. The topological polar surface area (TPSA) is 41.6 Å². The minimum absolute atomic E-state index is 0.101. The first-order valence-corrected chi connectivity index (χ1v) is 8.14. The van der Waals surface area contributed by atoms with Gasteiger partial charge in [0.25, 0.3) is 0 Å². The Morgan fingerprint density at radius 3 is 2.46 bits per heavy atom. The van der Waals surface area contributed by atoms with Crippen molar-refractivity contribution in [1.29, 1.82) is 0 Å². The van der Waals surface area contributed by atoms with Crippen LogP contribution in [0, 0.1) is 0 Å². The highest BCUT2D eigenvalue weighted by Crippen LogP contribution is 2.27. The summed E-state index contributed by atoms with van der Waals surface area (Å²) in [7, 11) is 1.64. The quantitative estimate of drug-likeness (QED) is 0.782. The van der Waals surface area contributed by atoms with Crippen molar-refractivity contribution in [3.8, 4) is 5.75 Å². The maximum Gasteiger partial charge on any atom is 0.573 e. The SMILES string of the molecule is CC(C(=O)Nc1ccccc1Cl)N(C)Cc1ccccc1OC(F)(F)F. The molecule has 0 radical (unpaired) electrons. The monoisotopic (exact) mass is 386 g/mol. The first kappa shape index (κ1) is 20.1. The van der Waals surface area contributed by atoms with Crippen molar-refractivity contribution >= 4 is 23.2 Å². The Balaban J connectivity index is 2.06. The van der Waals surface area contributed by atoms with E-state index in [1.54, 1.807) is 49.2 Å². The Morgan fingerprint density at radius 1 is 1.19 bits per heavy atom. The van der Waals surface area contributed by atoms with Gasteiger partial charge in [0, 0.05) is 12.1 Å². The molecule has 1 atom stereocenters. The van der Waals surface area contributed by atoms with Gasteiger partial charge in [-0.1, -0.05) is 41.9 Å². The molecule has 0 saturated heterocycles. The molecule has 2 aromatic rings. The molecule has 1 N–H and O–H groups in total. The highest BCUT2D eigenvalue weighted by Gasteiger charge is 2.32. The Morgan fingerprint density at radius 2 is 1.81 bits per heavy atom. The van der Waals surface area contributed by atoms with Crippen molar-refractivity contribution in [2.45, 2.75) is 25.9 Å². The zero-order valence-corrected chi connectivity index (χ0v) is 14.9. The van der Waals surface area contributed by atoms with Gasteiger partial charge in [-0.15, -0.1) is 13.2 Å². The number of alkyl halides is 3. The number of carbonyl (C=O) groups is 1. The van der Waals surface area contributed by atoms with Gasteiger partial charge >= 0.3 is 6.36 Å². The summed E-state index contributed by atoms with van der Waals surface area (Å²) in [6.45, 7) is 1.75. The molecule has 0 heterocycles. The van der Waals surface area contributed by atoms with Gasteiger partial charge in [0.15, 0.2) is 0 Å². The second-order valence-electron chi connectivity index (χ2n) is 5.72. The summed E-state index contributed by atoms with van der Waals surface area (Å²) >= 11 is 6.01. The number of hydrogen-bond donors (Lipinski definition) is 1. The number of likely N-dealkylation sites (N-methyl/N-ethyl adjacent to an activating group) is 1. The van der Waals surface area contributed by atoms with E-state index in [0.717, 1.165) is 0 Å². The minimum Gasteiger partial charge on any atom is -0.405 e. The van der Waals surface area contributed by atoms with E-state index in [1.165, 1.54) is 18.2 Å². The third-order valence-corrected chi connectivity index (χ3v) is 4.12. The average Bonchev–Trinajstić information content (AvgIpc) is 2.56. The highest BCUT2D eigenvalue weighted by atomic mass is 35.5. The third-order valence-electron chi connectivity index (χ3n) is 3.79. The van der Waals surface area contributed by atoms with E-state index in [0.29, 0.717) is 16.3 Å². The molecule has 140 valence electrons. The van der Waals surface area contributed by atoms with Crippen LogP contribution in [0.25, 0.3) is 0 Å². The maximum absolute atomic E-state index is 12.5. The number of benzene rings is 2. The molecule has 0 aromatic heterocycles. The molecule has 2 aromatic carbocycles. The molecule has 8 heteroatoms. The fourth-order valence-corrected chi connectivity index (χ4v) is 2.45. The van der Waals surface area contributed by atoms with E-state index in [-0.39, 0.29) is 18.2 Å². The Bertz CT molecular complexity index is 768. The van der Waals surface area contributed by atoms with Crippen LogP contribution in [-0.4, -0.2) is 30.3 Å². The number of rotatable bonds is 6. The van der Waals surface area contributed by atoms with Gasteiger partial charge in [-0.2, -0.15) is 0 Å². The van der Waals surface area contributed by atoms with Gasteiger partial charge in [0.2, 0.25) is 5.91 Å². The molecule has 0 fully saturated rings. The van der Waals surface area contributed by atoms with Crippen molar-refractivity contribution in [3.63, 3.8) is 0 Å². The predicted molar refractivity (Wildman–Crippen MR) is 94.1 cm³/mol. The van der Waals surface area contributed by atoms with E-state index in [4.69, 9.17) is 11.6 Å². The smallest absolute Gasteiger partial charge is 0.405 e. The molecule has 1 unspecified atom stereocenters. The van der Waals surface area contributed by atoms with Crippen LogP contribution in [0.2, 0.25) is 5.02 Å². The van der Waals surface area contributed by atoms with Gasteiger partial charge in [-0.3, -0.25) is 9.69 Å². The van der Waals surface area contributed by atoms with Gasteiger partial charge in [-0.25, -0.2) is 0 Å². The van der Waals surface area contributed by atoms with Gasteiger partial charge < -0.3 is 10.1 Å². The summed E-state index contributed by atoms with van der Waals surface area (Å²) < 4.78 is 41.6. The van der Waals surface area contributed by atoms with Crippen molar-refractivity contribution < 1.29 is 22.7 Å². The highest BCUT2D eigenvalue weighted by molar-refractivity contribution is 6.33. The third kappa shape index (κ3) is 5.64. The van der Waals surface area contributed by atoms with E-state index < -0.39 is 12.4 Å². The van der Waals surface area contributed by atoms with Gasteiger partial charge in [0.1, 0.15) is 5.75 Å². The fraction of sp³-hybridized carbons (Fsp3) is 0.278. The van der Waals surface area contributed by atoms with Crippen molar-refractivity contribution in [2.75, 3.05) is 12.4 Å². The number of anilines is 1. The molecule has 0 spiro atoms. The Kier molecular flexibility index (Phi) is 6.50. The zero-order chi connectivity index (χ0) is 19.3. The summed E-state index contributed by atoms with van der Waals surface area (Å²) in [6.07, 6.45) is -4.78. The lowest BCUT2D eigenvalue weighted by Crippen LogP contribution is -2.39. The molecule has 0 aliphatic carbocycles. The maximum atomic E-state index is 12.5. The molecule has 0 aliphatic rings. The van der Waals surface area contributed by atoms with E-state index in [2.05, 4.69) is 10.1 Å². The van der Waals surface area contributed by atoms with Crippen molar-refractivity contribution in [3.05, 3.63) is 59.1 Å². The van der Waals surface area contributed by atoms with Crippen LogP contribution in [0.4, 0.5) is 18.9 Å². The van der Waals surface area contributed by atoms with Crippen LogP contribution in [-0.2, 0) is 11.3 Å². The number of ether oxygens (including phenoxy) is 1. The number of carbonyl (C=O) groups excluding carboxylic acids is 1. The lowest BCUT2D eigenvalue weighted by molar-refractivity contribution is -0.275. The van der Waals surface area contributed by atoms with Crippen LogP contribution < -0.4 is 10.1 Å². The molecule has 0 bridgehead atoms. The number of para-hydroxylation sites is 2. The number of nitrogens with zero attached hydrogens (tertiary/aromatic N) is 1. The zero-order valence-electron chi connectivity index (χ0n) is 14.2. The van der Waals surface area contributed by atoms with Crippen molar-refractivity contribution in [2.24, 2.45) is 0 Å². The summed E-state index contributed by atoms with van der Waals surface area (Å²) in [4.78, 5) is 14.0. The van der Waals surface area contributed by atoms with Crippen LogP contribution >= 0.6 is 11.6 Å². The number of halogens is 4. The number of nitrogens with one attached hydrogen (secondary N) is 1. The van der Waals surface area contributed by atoms with Crippen LogP contribution in [0.5, 0.6) is 5.75 Å². The molecule has 26 heavy (non-hydrogen) atoms. The lowest BCUT2D eigenvalue weighted by Gasteiger charge is -2.25. The molecule has 1 amide bonds. The van der Waals surface area contributed by atoms with Crippen LogP contribution in [0.1, 0.15) is 12.5 Å².